The second kappa shape index (κ2) is 6.20. The quantitative estimate of drug-likeness (QED) is 0.892. The summed E-state index contributed by atoms with van der Waals surface area (Å²) in [6.07, 6.45) is 3.93. The molecule has 1 aromatic heterocycles. The lowest BCUT2D eigenvalue weighted by Gasteiger charge is -2.16. The number of hydrogen-bond donors (Lipinski definition) is 1. The molecule has 0 saturated heterocycles. The molecule has 0 amide bonds. The Morgan fingerprint density at radius 2 is 1.95 bits per heavy atom. The second-order valence-electron chi connectivity index (χ2n) is 6.10. The van der Waals surface area contributed by atoms with Gasteiger partial charge in [-0.15, -0.1) is 11.3 Å². The largest absolute Gasteiger partial charge is 0.378 e. The minimum atomic E-state index is 0.387. The Labute approximate surface area is 131 Å². The maximum atomic E-state index is 3.65. The molecular weight excluding hydrogens is 276 g/mol. The van der Waals surface area contributed by atoms with Crippen molar-refractivity contribution in [1.82, 2.24) is 5.32 Å². The maximum absolute atomic E-state index is 3.65. The first-order chi connectivity index (χ1) is 10.1. The molecule has 3 heteroatoms. The van der Waals surface area contributed by atoms with E-state index in [2.05, 4.69) is 61.6 Å². The highest BCUT2D eigenvalue weighted by Gasteiger charge is 2.15. The van der Waals surface area contributed by atoms with E-state index in [4.69, 9.17) is 0 Å². The molecule has 3 rings (SSSR count). The Balaban J connectivity index is 1.59. The van der Waals surface area contributed by atoms with Gasteiger partial charge in [-0.1, -0.05) is 12.1 Å². The van der Waals surface area contributed by atoms with E-state index in [1.807, 2.05) is 11.3 Å². The van der Waals surface area contributed by atoms with Gasteiger partial charge in [0.2, 0.25) is 0 Å². The van der Waals surface area contributed by atoms with Crippen LogP contribution in [-0.2, 0) is 19.4 Å². The number of fused-ring (bicyclic) bond motifs is 1. The summed E-state index contributed by atoms with van der Waals surface area (Å²) in [4.78, 5) is 5.24. The zero-order valence-electron chi connectivity index (χ0n) is 13.1. The molecular formula is C18H24N2S. The molecule has 1 atom stereocenters. The normalized spacial score (nSPS) is 15.0. The van der Waals surface area contributed by atoms with E-state index in [1.165, 1.54) is 35.4 Å². The van der Waals surface area contributed by atoms with Crippen LogP contribution in [0.2, 0.25) is 0 Å². The summed E-state index contributed by atoms with van der Waals surface area (Å²) in [5.74, 6) is 0. The van der Waals surface area contributed by atoms with Gasteiger partial charge in [-0.3, -0.25) is 0 Å². The summed E-state index contributed by atoms with van der Waals surface area (Å²) in [5.41, 5.74) is 4.20. The van der Waals surface area contributed by atoms with Gasteiger partial charge in [0.1, 0.15) is 0 Å². The van der Waals surface area contributed by atoms with Crippen LogP contribution in [0.15, 0.2) is 30.3 Å². The fraction of sp³-hybridized carbons (Fsp3) is 0.444. The average Bonchev–Trinajstić information content (AvgIpc) is 3.06. The Morgan fingerprint density at radius 1 is 1.19 bits per heavy atom. The van der Waals surface area contributed by atoms with Crippen LogP contribution in [0.4, 0.5) is 5.69 Å². The standard InChI is InChI=1S/C18H24N2S/c1-13(14-7-9-16(10-8-14)20(2)3)19-12-17-11-15-5-4-6-18(15)21-17/h7-11,13,19H,4-6,12H2,1-3H3. The molecule has 0 aliphatic heterocycles. The molecule has 0 saturated carbocycles. The van der Waals surface area contributed by atoms with Gasteiger partial charge >= 0.3 is 0 Å². The highest BCUT2D eigenvalue weighted by molar-refractivity contribution is 7.12. The first-order valence-electron chi connectivity index (χ1n) is 7.74. The van der Waals surface area contributed by atoms with Gasteiger partial charge in [0, 0.05) is 42.1 Å². The number of aryl methyl sites for hydroxylation is 2. The lowest BCUT2D eigenvalue weighted by Crippen LogP contribution is -2.17. The molecule has 2 nitrogen and oxygen atoms in total. The smallest absolute Gasteiger partial charge is 0.0361 e. The number of nitrogens with zero attached hydrogens (tertiary/aromatic N) is 1. The Hall–Kier alpha value is -1.32. The van der Waals surface area contributed by atoms with Crippen molar-refractivity contribution in [1.29, 1.82) is 0 Å². The van der Waals surface area contributed by atoms with Crippen LogP contribution < -0.4 is 10.2 Å². The summed E-state index contributed by atoms with van der Waals surface area (Å²) in [5, 5.41) is 3.65. The third-order valence-corrected chi connectivity index (χ3v) is 5.53. The van der Waals surface area contributed by atoms with Crippen molar-refractivity contribution in [2.45, 2.75) is 38.8 Å². The fourth-order valence-electron chi connectivity index (χ4n) is 2.91. The van der Waals surface area contributed by atoms with Crippen molar-refractivity contribution >= 4 is 17.0 Å². The summed E-state index contributed by atoms with van der Waals surface area (Å²) in [6.45, 7) is 3.22. The number of thiophene rings is 1. The number of rotatable bonds is 5. The van der Waals surface area contributed by atoms with Crippen molar-refractivity contribution < 1.29 is 0 Å². The van der Waals surface area contributed by atoms with Crippen LogP contribution in [-0.4, -0.2) is 14.1 Å². The molecule has 1 unspecified atom stereocenters. The SMILES string of the molecule is CC(NCc1cc2c(s1)CCC2)c1ccc(N(C)C)cc1. The maximum Gasteiger partial charge on any atom is 0.0361 e. The van der Waals surface area contributed by atoms with Crippen LogP contribution in [0.25, 0.3) is 0 Å². The van der Waals surface area contributed by atoms with Crippen LogP contribution in [0.5, 0.6) is 0 Å². The number of nitrogens with one attached hydrogen (secondary N) is 1. The van der Waals surface area contributed by atoms with Crippen molar-refractivity contribution in [3.8, 4) is 0 Å². The van der Waals surface area contributed by atoms with Crippen molar-refractivity contribution in [3.05, 3.63) is 51.2 Å². The third-order valence-electron chi connectivity index (χ3n) is 4.29. The molecule has 1 N–H and O–H groups in total. The Morgan fingerprint density at radius 3 is 2.62 bits per heavy atom. The lowest BCUT2D eigenvalue weighted by molar-refractivity contribution is 0.578. The third kappa shape index (κ3) is 3.30. The van der Waals surface area contributed by atoms with E-state index in [0.717, 1.165) is 6.54 Å². The van der Waals surface area contributed by atoms with E-state index < -0.39 is 0 Å². The van der Waals surface area contributed by atoms with E-state index >= 15 is 0 Å². The summed E-state index contributed by atoms with van der Waals surface area (Å²) >= 11 is 2.00. The highest BCUT2D eigenvalue weighted by Crippen LogP contribution is 2.30. The zero-order chi connectivity index (χ0) is 14.8. The molecule has 1 heterocycles. The fourth-order valence-corrected chi connectivity index (χ4v) is 4.12. The van der Waals surface area contributed by atoms with E-state index in [0.29, 0.717) is 6.04 Å². The zero-order valence-corrected chi connectivity index (χ0v) is 14.0. The predicted octanol–water partition coefficient (Wildman–Crippen LogP) is 4.15. The summed E-state index contributed by atoms with van der Waals surface area (Å²) in [7, 11) is 4.15. The second-order valence-corrected chi connectivity index (χ2v) is 7.32. The molecule has 1 aliphatic rings. The lowest BCUT2D eigenvalue weighted by atomic mass is 10.1. The Bertz CT molecular complexity index is 577. The van der Waals surface area contributed by atoms with E-state index in [1.54, 1.807) is 10.4 Å². The summed E-state index contributed by atoms with van der Waals surface area (Å²) < 4.78 is 0. The van der Waals surface area contributed by atoms with Crippen LogP contribution in [0, 0.1) is 0 Å². The Kier molecular flexibility index (Phi) is 4.32. The van der Waals surface area contributed by atoms with Gasteiger partial charge < -0.3 is 10.2 Å². The molecule has 0 bridgehead atoms. The van der Waals surface area contributed by atoms with Gasteiger partial charge in [0.05, 0.1) is 0 Å². The van der Waals surface area contributed by atoms with Gasteiger partial charge in [-0.05, 0) is 55.5 Å². The molecule has 112 valence electrons. The highest BCUT2D eigenvalue weighted by atomic mass is 32.1. The number of hydrogen-bond acceptors (Lipinski definition) is 3. The minimum absolute atomic E-state index is 0.387. The first kappa shape index (κ1) is 14.6. The minimum Gasteiger partial charge on any atom is -0.378 e. The van der Waals surface area contributed by atoms with E-state index in [9.17, 15) is 0 Å². The molecule has 0 fully saturated rings. The topological polar surface area (TPSA) is 15.3 Å². The molecule has 1 aliphatic carbocycles. The van der Waals surface area contributed by atoms with Crippen LogP contribution in [0.3, 0.4) is 0 Å². The number of anilines is 1. The molecule has 0 spiro atoms. The van der Waals surface area contributed by atoms with Gasteiger partial charge in [-0.25, -0.2) is 0 Å². The van der Waals surface area contributed by atoms with Crippen molar-refractivity contribution in [2.75, 3.05) is 19.0 Å². The van der Waals surface area contributed by atoms with Crippen molar-refractivity contribution in [3.63, 3.8) is 0 Å². The van der Waals surface area contributed by atoms with Gasteiger partial charge in [-0.2, -0.15) is 0 Å². The van der Waals surface area contributed by atoms with Gasteiger partial charge in [0.25, 0.3) is 0 Å². The van der Waals surface area contributed by atoms with E-state index in [-0.39, 0.29) is 0 Å². The monoisotopic (exact) mass is 300 g/mol. The first-order valence-corrected chi connectivity index (χ1v) is 8.56. The molecule has 2 aromatic rings. The molecule has 0 radical (unpaired) electrons. The average molecular weight is 300 g/mol. The summed E-state index contributed by atoms with van der Waals surface area (Å²) in [6, 6.07) is 11.6. The predicted molar refractivity (Wildman–Crippen MR) is 92.4 cm³/mol. The molecule has 1 aromatic carbocycles. The van der Waals surface area contributed by atoms with Crippen molar-refractivity contribution in [2.24, 2.45) is 0 Å². The molecule has 21 heavy (non-hydrogen) atoms. The van der Waals surface area contributed by atoms with Crippen LogP contribution in [0.1, 0.15) is 40.3 Å². The van der Waals surface area contributed by atoms with Gasteiger partial charge in [0.15, 0.2) is 0 Å². The number of benzene rings is 1. The van der Waals surface area contributed by atoms with Crippen LogP contribution >= 0.6 is 11.3 Å².